The maximum absolute atomic E-state index is 11.8. The molecule has 0 aliphatic carbocycles. The number of benzene rings is 1. The molecular formula is C16H25NO3. The van der Waals surface area contributed by atoms with Crippen LogP contribution in [0.2, 0.25) is 0 Å². The highest BCUT2D eigenvalue weighted by Gasteiger charge is 2.19. The van der Waals surface area contributed by atoms with Gasteiger partial charge in [-0.3, -0.25) is 4.79 Å². The minimum atomic E-state index is -0.421. The van der Waals surface area contributed by atoms with Crippen molar-refractivity contribution in [2.75, 3.05) is 19.8 Å². The molecule has 0 heterocycles. The van der Waals surface area contributed by atoms with Gasteiger partial charge in [0.2, 0.25) is 0 Å². The third-order valence-corrected chi connectivity index (χ3v) is 2.82. The highest BCUT2D eigenvalue weighted by Crippen LogP contribution is 2.16. The molecule has 0 fully saturated rings. The number of nitrogens with one attached hydrogen (secondary N) is 1. The predicted molar refractivity (Wildman–Crippen MR) is 80.1 cm³/mol. The van der Waals surface area contributed by atoms with Gasteiger partial charge in [0.1, 0.15) is 18.4 Å². The second kappa shape index (κ2) is 8.59. The van der Waals surface area contributed by atoms with E-state index in [1.165, 1.54) is 0 Å². The van der Waals surface area contributed by atoms with Crippen LogP contribution in [0, 0.1) is 13.8 Å². The van der Waals surface area contributed by atoms with Crippen molar-refractivity contribution < 1.29 is 14.3 Å². The number of hydrogen-bond acceptors (Lipinski definition) is 4. The van der Waals surface area contributed by atoms with Crippen LogP contribution >= 0.6 is 0 Å². The van der Waals surface area contributed by atoms with Crippen molar-refractivity contribution in [2.45, 2.75) is 40.2 Å². The van der Waals surface area contributed by atoms with E-state index >= 15 is 0 Å². The van der Waals surface area contributed by atoms with Crippen molar-refractivity contribution in [2.24, 2.45) is 0 Å². The maximum Gasteiger partial charge on any atom is 0.326 e. The van der Waals surface area contributed by atoms with Gasteiger partial charge in [0, 0.05) is 0 Å². The van der Waals surface area contributed by atoms with E-state index in [1.54, 1.807) is 6.92 Å². The normalized spacial score (nSPS) is 12.0. The maximum atomic E-state index is 11.8. The van der Waals surface area contributed by atoms with E-state index in [4.69, 9.17) is 9.47 Å². The highest BCUT2D eigenvalue weighted by molar-refractivity contribution is 5.76. The molecule has 0 bridgehead atoms. The molecule has 0 radical (unpaired) electrons. The van der Waals surface area contributed by atoms with E-state index in [-0.39, 0.29) is 12.6 Å². The zero-order chi connectivity index (χ0) is 15.0. The van der Waals surface area contributed by atoms with Crippen molar-refractivity contribution in [1.29, 1.82) is 0 Å². The third kappa shape index (κ3) is 5.61. The summed E-state index contributed by atoms with van der Waals surface area (Å²) in [6.07, 6.45) is 0.958. The molecule has 20 heavy (non-hydrogen) atoms. The number of carbonyl (C=O) groups excluding carboxylic acids is 1. The van der Waals surface area contributed by atoms with Crippen LogP contribution < -0.4 is 10.1 Å². The molecule has 4 heteroatoms. The van der Waals surface area contributed by atoms with Crippen LogP contribution in [0.3, 0.4) is 0 Å². The van der Waals surface area contributed by atoms with Gasteiger partial charge in [-0.2, -0.15) is 0 Å². The SMILES string of the molecule is CCCNC(COc1cc(C)cc(C)c1)C(=O)OCC. The molecule has 1 aromatic rings. The minimum absolute atomic E-state index is 0.259. The third-order valence-electron chi connectivity index (χ3n) is 2.82. The Hall–Kier alpha value is -1.55. The molecule has 0 aliphatic rings. The first kappa shape index (κ1) is 16.5. The zero-order valence-electron chi connectivity index (χ0n) is 12.9. The summed E-state index contributed by atoms with van der Waals surface area (Å²) in [4.78, 5) is 11.8. The second-order valence-corrected chi connectivity index (χ2v) is 4.89. The van der Waals surface area contributed by atoms with Crippen LogP contribution in [0.4, 0.5) is 0 Å². The van der Waals surface area contributed by atoms with E-state index in [1.807, 2.05) is 26.0 Å². The Morgan fingerprint density at radius 3 is 2.40 bits per heavy atom. The summed E-state index contributed by atoms with van der Waals surface area (Å²) in [6, 6.07) is 5.60. The summed E-state index contributed by atoms with van der Waals surface area (Å²) in [6.45, 7) is 9.34. The van der Waals surface area contributed by atoms with E-state index in [2.05, 4.69) is 18.3 Å². The molecule has 0 spiro atoms. The fraction of sp³-hybridized carbons (Fsp3) is 0.562. The lowest BCUT2D eigenvalue weighted by Crippen LogP contribution is -2.43. The molecule has 1 unspecified atom stereocenters. The van der Waals surface area contributed by atoms with Crippen molar-refractivity contribution in [3.63, 3.8) is 0 Å². The van der Waals surface area contributed by atoms with Gasteiger partial charge in [-0.05, 0) is 57.0 Å². The topological polar surface area (TPSA) is 47.6 Å². The monoisotopic (exact) mass is 279 g/mol. The summed E-state index contributed by atoms with van der Waals surface area (Å²) >= 11 is 0. The summed E-state index contributed by atoms with van der Waals surface area (Å²) in [7, 11) is 0. The van der Waals surface area contributed by atoms with Crippen molar-refractivity contribution >= 4 is 5.97 Å². The van der Waals surface area contributed by atoms with Gasteiger partial charge < -0.3 is 14.8 Å². The van der Waals surface area contributed by atoms with E-state index in [0.717, 1.165) is 29.8 Å². The Labute approximate surface area is 121 Å². The Balaban J connectivity index is 2.62. The van der Waals surface area contributed by atoms with Crippen molar-refractivity contribution in [3.8, 4) is 5.75 Å². The largest absolute Gasteiger partial charge is 0.491 e. The molecular weight excluding hydrogens is 254 g/mol. The van der Waals surface area contributed by atoms with Crippen LogP contribution in [0.1, 0.15) is 31.4 Å². The van der Waals surface area contributed by atoms with E-state index in [0.29, 0.717) is 6.61 Å². The van der Waals surface area contributed by atoms with Gasteiger partial charge in [0.05, 0.1) is 6.61 Å². The number of rotatable bonds is 8. The van der Waals surface area contributed by atoms with Crippen LogP contribution in [0.25, 0.3) is 0 Å². The fourth-order valence-corrected chi connectivity index (χ4v) is 1.97. The predicted octanol–water partition coefficient (Wildman–Crippen LogP) is 2.61. The molecule has 4 nitrogen and oxygen atoms in total. The number of ether oxygens (including phenoxy) is 2. The molecule has 0 aromatic heterocycles. The van der Waals surface area contributed by atoms with Crippen molar-refractivity contribution in [1.82, 2.24) is 5.32 Å². The Kier molecular flexibility index (Phi) is 7.09. The summed E-state index contributed by atoms with van der Waals surface area (Å²) < 4.78 is 10.8. The average Bonchev–Trinajstić information content (AvgIpc) is 2.38. The van der Waals surface area contributed by atoms with E-state index in [9.17, 15) is 4.79 Å². The molecule has 1 aromatic carbocycles. The van der Waals surface area contributed by atoms with E-state index < -0.39 is 6.04 Å². The molecule has 1 atom stereocenters. The lowest BCUT2D eigenvalue weighted by atomic mass is 10.1. The number of esters is 1. The Morgan fingerprint density at radius 2 is 1.85 bits per heavy atom. The number of aryl methyl sites for hydroxylation is 2. The standard InChI is InChI=1S/C16H25NO3/c1-5-7-17-15(16(18)19-6-2)11-20-14-9-12(3)8-13(4)10-14/h8-10,15,17H,5-7,11H2,1-4H3. The minimum Gasteiger partial charge on any atom is -0.491 e. The lowest BCUT2D eigenvalue weighted by Gasteiger charge is -2.18. The van der Waals surface area contributed by atoms with Gasteiger partial charge in [-0.1, -0.05) is 13.0 Å². The first-order valence-corrected chi connectivity index (χ1v) is 7.18. The van der Waals surface area contributed by atoms with Crippen LogP contribution in [0.15, 0.2) is 18.2 Å². The Morgan fingerprint density at radius 1 is 1.20 bits per heavy atom. The quantitative estimate of drug-likeness (QED) is 0.743. The number of carbonyl (C=O) groups is 1. The molecule has 0 saturated heterocycles. The van der Waals surface area contributed by atoms with Gasteiger partial charge in [0.15, 0.2) is 0 Å². The second-order valence-electron chi connectivity index (χ2n) is 4.89. The van der Waals surface area contributed by atoms with Gasteiger partial charge in [-0.25, -0.2) is 0 Å². The lowest BCUT2D eigenvalue weighted by molar-refractivity contribution is -0.146. The first-order chi connectivity index (χ1) is 9.56. The average molecular weight is 279 g/mol. The van der Waals surface area contributed by atoms with Crippen LogP contribution in [-0.4, -0.2) is 31.8 Å². The first-order valence-electron chi connectivity index (χ1n) is 7.18. The molecule has 1 rings (SSSR count). The molecule has 0 amide bonds. The smallest absolute Gasteiger partial charge is 0.326 e. The fourth-order valence-electron chi connectivity index (χ4n) is 1.97. The summed E-state index contributed by atoms with van der Waals surface area (Å²) in [5.41, 5.74) is 2.29. The zero-order valence-corrected chi connectivity index (χ0v) is 12.9. The van der Waals surface area contributed by atoms with Gasteiger partial charge in [0.25, 0.3) is 0 Å². The number of hydrogen-bond donors (Lipinski definition) is 1. The summed E-state index contributed by atoms with van der Waals surface area (Å²) in [5, 5.41) is 3.15. The van der Waals surface area contributed by atoms with Crippen molar-refractivity contribution in [3.05, 3.63) is 29.3 Å². The van der Waals surface area contributed by atoms with Crippen LogP contribution in [-0.2, 0) is 9.53 Å². The Bertz CT molecular complexity index is 411. The molecule has 1 N–H and O–H groups in total. The van der Waals surface area contributed by atoms with Crippen LogP contribution in [0.5, 0.6) is 5.75 Å². The van der Waals surface area contributed by atoms with Gasteiger partial charge >= 0.3 is 5.97 Å². The highest BCUT2D eigenvalue weighted by atomic mass is 16.5. The summed E-state index contributed by atoms with van der Waals surface area (Å²) in [5.74, 6) is 0.528. The molecule has 112 valence electrons. The molecule has 0 saturated carbocycles. The molecule has 0 aliphatic heterocycles. The van der Waals surface area contributed by atoms with Gasteiger partial charge in [-0.15, -0.1) is 0 Å².